The number of nitrogens with one attached hydrogen (secondary N) is 3. The van der Waals surface area contributed by atoms with Gasteiger partial charge in [0.1, 0.15) is 17.5 Å². The van der Waals surface area contributed by atoms with Gasteiger partial charge >= 0.3 is 12.1 Å². The third-order valence-corrected chi connectivity index (χ3v) is 6.65. The van der Waals surface area contributed by atoms with E-state index in [9.17, 15) is 24.3 Å². The predicted molar refractivity (Wildman–Crippen MR) is 165 cm³/mol. The molecule has 230 valence electrons. The Labute approximate surface area is 255 Å². The number of carbonyl (C=O) groups is 4. The number of carbonyl (C=O) groups excluding carboxylic acids is 3. The number of aliphatic carboxylic acids is 1. The molecule has 0 aliphatic heterocycles. The molecule has 4 aromatic rings. The van der Waals surface area contributed by atoms with Crippen LogP contribution in [0.3, 0.4) is 0 Å². The highest BCUT2D eigenvalue weighted by atomic mass is 16.6. The van der Waals surface area contributed by atoms with E-state index in [1.807, 2.05) is 54.6 Å². The molecule has 0 aliphatic carbocycles. The van der Waals surface area contributed by atoms with Crippen molar-refractivity contribution < 1.29 is 29.0 Å². The summed E-state index contributed by atoms with van der Waals surface area (Å²) in [7, 11) is 0. The van der Waals surface area contributed by atoms with E-state index < -0.39 is 29.6 Å². The van der Waals surface area contributed by atoms with Crippen LogP contribution in [0.5, 0.6) is 0 Å². The van der Waals surface area contributed by atoms with Crippen molar-refractivity contribution in [3.8, 4) is 0 Å². The Bertz CT molecular complexity index is 1560. The fourth-order valence-electron chi connectivity index (χ4n) is 4.48. The quantitative estimate of drug-likeness (QED) is 0.188. The summed E-state index contributed by atoms with van der Waals surface area (Å²) < 4.78 is 5.10. The van der Waals surface area contributed by atoms with Crippen molar-refractivity contribution in [3.63, 3.8) is 0 Å². The number of aromatic amines is 1. The first-order chi connectivity index (χ1) is 21.0. The van der Waals surface area contributed by atoms with Crippen LogP contribution in [-0.2, 0) is 33.8 Å². The lowest BCUT2D eigenvalue weighted by Crippen LogP contribution is -2.49. The number of benzene rings is 3. The first-order valence-corrected chi connectivity index (χ1v) is 14.3. The van der Waals surface area contributed by atoms with Crippen molar-refractivity contribution in [2.45, 2.75) is 58.3 Å². The minimum Gasteiger partial charge on any atom is -0.480 e. The fourth-order valence-corrected chi connectivity index (χ4v) is 4.48. The maximum Gasteiger partial charge on any atom is 0.408 e. The molecule has 4 N–H and O–H groups in total. The van der Waals surface area contributed by atoms with E-state index in [2.05, 4.69) is 20.6 Å². The van der Waals surface area contributed by atoms with Crippen LogP contribution >= 0.6 is 0 Å². The number of ether oxygens (including phenoxy) is 1. The summed E-state index contributed by atoms with van der Waals surface area (Å²) >= 11 is 0. The number of carboxylic acids is 1. The minimum atomic E-state index is -1.37. The third-order valence-electron chi connectivity index (χ3n) is 6.65. The zero-order chi connectivity index (χ0) is 31.7. The van der Waals surface area contributed by atoms with E-state index in [1.54, 1.807) is 49.9 Å². The lowest BCUT2D eigenvalue weighted by atomic mass is 10.1. The van der Waals surface area contributed by atoms with Gasteiger partial charge in [-0.15, -0.1) is 0 Å². The summed E-state index contributed by atoms with van der Waals surface area (Å²) in [6, 6.07) is 22.8. The number of para-hydroxylation sites is 2. The zero-order valence-corrected chi connectivity index (χ0v) is 25.0. The van der Waals surface area contributed by atoms with Crippen molar-refractivity contribution in [1.29, 1.82) is 0 Å². The molecule has 3 aromatic carbocycles. The standard InChI is InChI=1S/C33H37N5O6/c1-33(2,3)44-32(43)37-27(31(41)42)19-34-30(40)24-16-13-23(14-17-24)20-38(29(39)18-15-22-9-5-4-6-10-22)21-28-35-25-11-7-8-12-26(25)36-28/h4-14,16-17,27H,15,18-21H2,1-3H3,(H,34,40)(H,35,36)(H,37,43)(H,41,42). The van der Waals surface area contributed by atoms with Crippen molar-refractivity contribution >= 4 is 34.9 Å². The fraction of sp³-hybridized carbons (Fsp3) is 0.303. The Morgan fingerprint density at radius 1 is 0.909 bits per heavy atom. The molecule has 1 aromatic heterocycles. The molecule has 0 saturated heterocycles. The van der Waals surface area contributed by atoms with Crippen LogP contribution in [0.1, 0.15) is 54.5 Å². The summed E-state index contributed by atoms with van der Waals surface area (Å²) in [5, 5.41) is 14.2. The van der Waals surface area contributed by atoms with E-state index in [-0.39, 0.29) is 19.0 Å². The summed E-state index contributed by atoms with van der Waals surface area (Å²) in [4.78, 5) is 59.4. The molecule has 0 aliphatic rings. The molecule has 0 bridgehead atoms. The first kappa shape index (κ1) is 31.7. The molecule has 1 heterocycles. The number of imidazole rings is 1. The third kappa shape index (κ3) is 9.41. The highest BCUT2D eigenvalue weighted by molar-refractivity contribution is 5.94. The molecular formula is C33H37N5O6. The second kappa shape index (κ2) is 14.3. The Morgan fingerprint density at radius 2 is 1.59 bits per heavy atom. The topological polar surface area (TPSA) is 154 Å². The van der Waals surface area contributed by atoms with Gasteiger partial charge in [-0.05, 0) is 62.6 Å². The molecule has 0 radical (unpaired) electrons. The SMILES string of the molecule is CC(C)(C)OC(=O)NC(CNC(=O)c1ccc(CN(Cc2nc3ccccc3[nH]2)C(=O)CCc2ccccc2)cc1)C(=O)O. The van der Waals surface area contributed by atoms with Crippen LogP contribution in [0.4, 0.5) is 4.79 Å². The molecule has 0 spiro atoms. The van der Waals surface area contributed by atoms with Gasteiger partial charge in [0.05, 0.1) is 17.6 Å². The van der Waals surface area contributed by atoms with Crippen molar-refractivity contribution in [1.82, 2.24) is 25.5 Å². The Morgan fingerprint density at radius 3 is 2.25 bits per heavy atom. The second-order valence-electron chi connectivity index (χ2n) is 11.4. The van der Waals surface area contributed by atoms with Crippen LogP contribution in [-0.4, -0.2) is 62.0 Å². The number of rotatable bonds is 12. The number of hydrogen-bond donors (Lipinski definition) is 4. The van der Waals surface area contributed by atoms with Gasteiger partial charge in [0.15, 0.2) is 0 Å². The summed E-state index contributed by atoms with van der Waals surface area (Å²) in [6.07, 6.45) is 0.0385. The van der Waals surface area contributed by atoms with Gasteiger partial charge in [0, 0.05) is 25.1 Å². The highest BCUT2D eigenvalue weighted by Crippen LogP contribution is 2.16. The second-order valence-corrected chi connectivity index (χ2v) is 11.4. The monoisotopic (exact) mass is 599 g/mol. The number of aromatic nitrogens is 2. The van der Waals surface area contributed by atoms with E-state index in [0.717, 1.165) is 22.2 Å². The van der Waals surface area contributed by atoms with Gasteiger partial charge < -0.3 is 30.4 Å². The number of amides is 3. The average molecular weight is 600 g/mol. The van der Waals surface area contributed by atoms with Crippen LogP contribution < -0.4 is 10.6 Å². The van der Waals surface area contributed by atoms with Crippen molar-refractivity contribution in [2.75, 3.05) is 6.54 Å². The predicted octanol–water partition coefficient (Wildman–Crippen LogP) is 4.43. The Hall–Kier alpha value is -5.19. The van der Waals surface area contributed by atoms with Gasteiger partial charge in [-0.2, -0.15) is 0 Å². The Kier molecular flexibility index (Phi) is 10.3. The van der Waals surface area contributed by atoms with Crippen LogP contribution in [0.2, 0.25) is 0 Å². The normalized spacial score (nSPS) is 11.9. The van der Waals surface area contributed by atoms with Gasteiger partial charge in [-0.25, -0.2) is 14.6 Å². The summed E-state index contributed by atoms with van der Waals surface area (Å²) in [5.74, 6) is -1.18. The molecule has 0 saturated carbocycles. The molecule has 11 heteroatoms. The van der Waals surface area contributed by atoms with E-state index in [4.69, 9.17) is 4.74 Å². The molecule has 11 nitrogen and oxygen atoms in total. The molecule has 1 unspecified atom stereocenters. The van der Waals surface area contributed by atoms with E-state index in [1.165, 1.54) is 0 Å². The number of fused-ring (bicyclic) bond motifs is 1. The van der Waals surface area contributed by atoms with Gasteiger partial charge in [0.2, 0.25) is 5.91 Å². The summed E-state index contributed by atoms with van der Waals surface area (Å²) in [5.41, 5.74) is 3.09. The minimum absolute atomic E-state index is 0.0340. The van der Waals surface area contributed by atoms with Crippen molar-refractivity contribution in [2.24, 2.45) is 0 Å². The van der Waals surface area contributed by atoms with E-state index >= 15 is 0 Å². The van der Waals surface area contributed by atoms with Crippen molar-refractivity contribution in [3.05, 3.63) is 101 Å². The highest BCUT2D eigenvalue weighted by Gasteiger charge is 2.25. The smallest absolute Gasteiger partial charge is 0.408 e. The molecule has 44 heavy (non-hydrogen) atoms. The molecule has 4 rings (SSSR count). The van der Waals surface area contributed by atoms with Gasteiger partial charge in [-0.3, -0.25) is 9.59 Å². The van der Waals surface area contributed by atoms with Crippen LogP contribution in [0.15, 0.2) is 78.9 Å². The number of H-pyrrole nitrogens is 1. The molecular weight excluding hydrogens is 562 g/mol. The maximum absolute atomic E-state index is 13.4. The van der Waals surface area contributed by atoms with Crippen LogP contribution in [0, 0.1) is 0 Å². The largest absolute Gasteiger partial charge is 0.480 e. The number of alkyl carbamates (subject to hydrolysis) is 1. The number of carboxylic acid groups (broad SMARTS) is 1. The van der Waals surface area contributed by atoms with Gasteiger partial charge in [-0.1, -0.05) is 54.6 Å². The lowest BCUT2D eigenvalue weighted by molar-refractivity contribution is -0.139. The first-order valence-electron chi connectivity index (χ1n) is 14.3. The van der Waals surface area contributed by atoms with Gasteiger partial charge in [0.25, 0.3) is 5.91 Å². The number of nitrogens with zero attached hydrogens (tertiary/aromatic N) is 2. The lowest BCUT2D eigenvalue weighted by Gasteiger charge is -2.22. The zero-order valence-electron chi connectivity index (χ0n) is 25.0. The molecule has 0 fully saturated rings. The molecule has 1 atom stereocenters. The van der Waals surface area contributed by atoms with E-state index in [0.29, 0.717) is 30.8 Å². The average Bonchev–Trinajstić information content (AvgIpc) is 3.40. The van der Waals surface area contributed by atoms with Crippen LogP contribution in [0.25, 0.3) is 11.0 Å². The maximum atomic E-state index is 13.4. The Balaban J connectivity index is 1.40. The number of aryl methyl sites for hydroxylation is 1. The number of hydrogen-bond acceptors (Lipinski definition) is 6. The molecule has 3 amide bonds. The summed E-state index contributed by atoms with van der Waals surface area (Å²) in [6.45, 7) is 5.22.